The molecule has 102 valence electrons. The first-order valence-electron chi connectivity index (χ1n) is 6.32. The maximum atomic E-state index is 10.3. The third kappa shape index (κ3) is 1.83. The van der Waals surface area contributed by atoms with Gasteiger partial charge >= 0.3 is 0 Å². The number of aromatic hydroxyl groups is 1. The van der Waals surface area contributed by atoms with E-state index in [2.05, 4.69) is 30.6 Å². The number of phenols is 1. The average Bonchev–Trinajstić information content (AvgIpc) is 3.17. The monoisotopic (exact) mass is 278 g/mol. The molecule has 1 aromatic carbocycles. The molecule has 0 aliphatic carbocycles. The molecule has 3 aromatic heterocycles. The van der Waals surface area contributed by atoms with Crippen LogP contribution in [0.5, 0.6) is 5.75 Å². The maximum absolute atomic E-state index is 10.3. The second-order valence-electron chi connectivity index (χ2n) is 4.58. The van der Waals surface area contributed by atoms with Crippen molar-refractivity contribution >= 4 is 11.0 Å². The molecule has 7 nitrogen and oxygen atoms in total. The summed E-state index contributed by atoms with van der Waals surface area (Å²) >= 11 is 0. The fourth-order valence-corrected chi connectivity index (χ4v) is 2.37. The Balaban J connectivity index is 1.86. The lowest BCUT2D eigenvalue weighted by Crippen LogP contribution is -1.84. The minimum absolute atomic E-state index is 0.161. The average molecular weight is 278 g/mol. The molecule has 0 spiro atoms. The molecule has 0 aliphatic rings. The van der Waals surface area contributed by atoms with Crippen molar-refractivity contribution in [3.63, 3.8) is 0 Å². The Bertz CT molecular complexity index is 912. The van der Waals surface area contributed by atoms with Crippen LogP contribution in [0.4, 0.5) is 0 Å². The van der Waals surface area contributed by atoms with Crippen LogP contribution in [-0.4, -0.2) is 35.7 Å². The Hall–Kier alpha value is -3.22. The van der Waals surface area contributed by atoms with E-state index < -0.39 is 0 Å². The summed E-state index contributed by atoms with van der Waals surface area (Å²) in [6.07, 6.45) is 3.56. The lowest BCUT2D eigenvalue weighted by molar-refractivity contribution is 0.477. The van der Waals surface area contributed by atoms with Crippen molar-refractivity contribution in [3.05, 3.63) is 42.7 Å². The molecular weight excluding hydrogens is 268 g/mol. The van der Waals surface area contributed by atoms with E-state index in [9.17, 15) is 5.11 Å². The summed E-state index contributed by atoms with van der Waals surface area (Å²) in [6, 6.07) is 9.15. The molecule has 0 saturated carbocycles. The van der Waals surface area contributed by atoms with E-state index in [1.807, 2.05) is 30.5 Å². The van der Waals surface area contributed by atoms with Crippen molar-refractivity contribution < 1.29 is 5.11 Å². The zero-order chi connectivity index (χ0) is 14.2. The van der Waals surface area contributed by atoms with E-state index in [4.69, 9.17) is 0 Å². The van der Waals surface area contributed by atoms with Gasteiger partial charge in [0, 0.05) is 34.5 Å². The Morgan fingerprint density at radius 2 is 2.05 bits per heavy atom. The molecule has 0 bridgehead atoms. The number of H-pyrrole nitrogens is 2. The van der Waals surface area contributed by atoms with Crippen LogP contribution in [0.15, 0.2) is 42.7 Å². The van der Waals surface area contributed by atoms with Crippen LogP contribution in [-0.2, 0) is 0 Å². The number of nitrogens with zero attached hydrogens (tertiary/aromatic N) is 4. The molecule has 0 amide bonds. The fraction of sp³-hybridized carbons (Fsp3) is 0. The minimum Gasteiger partial charge on any atom is -0.507 e. The lowest BCUT2D eigenvalue weighted by atomic mass is 10.0. The predicted molar refractivity (Wildman–Crippen MR) is 76.4 cm³/mol. The van der Waals surface area contributed by atoms with Crippen molar-refractivity contribution in [2.75, 3.05) is 0 Å². The summed E-state index contributed by atoms with van der Waals surface area (Å²) in [5, 5.41) is 24.8. The number of aromatic nitrogens is 6. The van der Waals surface area contributed by atoms with Crippen molar-refractivity contribution in [2.45, 2.75) is 0 Å². The first-order chi connectivity index (χ1) is 10.3. The van der Waals surface area contributed by atoms with Crippen molar-refractivity contribution in [3.8, 4) is 28.3 Å². The number of hydrogen-bond acceptors (Lipinski definition) is 5. The molecule has 0 radical (unpaired) electrons. The van der Waals surface area contributed by atoms with Crippen LogP contribution in [0, 0.1) is 0 Å². The van der Waals surface area contributed by atoms with Gasteiger partial charge in [-0.25, -0.2) is 10.1 Å². The fourth-order valence-electron chi connectivity index (χ4n) is 2.37. The highest BCUT2D eigenvalue weighted by molar-refractivity contribution is 5.95. The standard InChI is InChI=1S/C14H10N6O/c21-12-6-8(13-17-19-20-18-13)3-4-9(12)11-7-16-14-10(11)2-1-5-15-14/h1-7,21H,(H,15,16)(H,17,18,19,20). The molecule has 21 heavy (non-hydrogen) atoms. The van der Waals surface area contributed by atoms with Crippen LogP contribution in [0.3, 0.4) is 0 Å². The lowest BCUT2D eigenvalue weighted by Gasteiger charge is -2.05. The Morgan fingerprint density at radius 1 is 1.10 bits per heavy atom. The first kappa shape index (κ1) is 11.6. The van der Waals surface area contributed by atoms with E-state index in [1.165, 1.54) is 0 Å². The number of phenolic OH excluding ortho intramolecular Hbond substituents is 1. The van der Waals surface area contributed by atoms with E-state index in [0.29, 0.717) is 5.82 Å². The van der Waals surface area contributed by atoms with Gasteiger partial charge in [-0.3, -0.25) is 0 Å². The summed E-state index contributed by atoms with van der Waals surface area (Å²) < 4.78 is 0. The number of fused-ring (bicyclic) bond motifs is 1. The highest BCUT2D eigenvalue weighted by Crippen LogP contribution is 2.35. The van der Waals surface area contributed by atoms with Crippen LogP contribution in [0.2, 0.25) is 0 Å². The van der Waals surface area contributed by atoms with Gasteiger partial charge in [0.25, 0.3) is 0 Å². The van der Waals surface area contributed by atoms with Gasteiger partial charge < -0.3 is 10.1 Å². The van der Waals surface area contributed by atoms with Gasteiger partial charge in [0.1, 0.15) is 11.4 Å². The second-order valence-corrected chi connectivity index (χ2v) is 4.58. The highest BCUT2D eigenvalue weighted by Gasteiger charge is 2.12. The molecule has 0 aliphatic heterocycles. The summed E-state index contributed by atoms with van der Waals surface area (Å²) in [4.78, 5) is 7.34. The predicted octanol–water partition coefficient (Wildman–Crippen LogP) is 2.12. The quantitative estimate of drug-likeness (QED) is 0.521. The number of hydrogen-bond donors (Lipinski definition) is 3. The molecule has 0 unspecified atom stereocenters. The Kier molecular flexibility index (Phi) is 2.43. The SMILES string of the molecule is Oc1cc(-c2nnn[nH]2)ccc1-c1c[nH]c2ncccc12. The molecule has 0 fully saturated rings. The number of nitrogens with one attached hydrogen (secondary N) is 2. The van der Waals surface area contributed by atoms with Gasteiger partial charge in [0.2, 0.25) is 0 Å². The largest absolute Gasteiger partial charge is 0.507 e. The van der Waals surface area contributed by atoms with Gasteiger partial charge in [0.05, 0.1) is 0 Å². The molecular formula is C14H10N6O. The summed E-state index contributed by atoms with van der Waals surface area (Å²) in [6.45, 7) is 0. The molecule has 3 heterocycles. The molecule has 0 atom stereocenters. The van der Waals surface area contributed by atoms with Crippen molar-refractivity contribution in [1.82, 2.24) is 30.6 Å². The van der Waals surface area contributed by atoms with Crippen LogP contribution >= 0.6 is 0 Å². The Labute approximate surface area is 118 Å². The molecule has 7 heteroatoms. The normalized spacial score (nSPS) is 11.0. The van der Waals surface area contributed by atoms with Crippen molar-refractivity contribution in [1.29, 1.82) is 0 Å². The maximum Gasteiger partial charge on any atom is 0.179 e. The highest BCUT2D eigenvalue weighted by atomic mass is 16.3. The summed E-state index contributed by atoms with van der Waals surface area (Å²) in [7, 11) is 0. The zero-order valence-electron chi connectivity index (χ0n) is 10.8. The molecule has 4 rings (SSSR count). The zero-order valence-corrected chi connectivity index (χ0v) is 10.8. The smallest absolute Gasteiger partial charge is 0.179 e. The third-order valence-electron chi connectivity index (χ3n) is 3.36. The van der Waals surface area contributed by atoms with Gasteiger partial charge in [-0.15, -0.1) is 5.10 Å². The third-order valence-corrected chi connectivity index (χ3v) is 3.36. The first-order valence-corrected chi connectivity index (χ1v) is 6.32. The molecule has 4 aromatic rings. The number of aromatic amines is 2. The second kappa shape index (κ2) is 4.41. The van der Waals surface area contributed by atoms with E-state index in [0.717, 1.165) is 27.7 Å². The van der Waals surface area contributed by atoms with Crippen LogP contribution < -0.4 is 0 Å². The number of benzene rings is 1. The number of pyridine rings is 1. The topological polar surface area (TPSA) is 103 Å². The van der Waals surface area contributed by atoms with Crippen LogP contribution in [0.25, 0.3) is 33.5 Å². The van der Waals surface area contributed by atoms with E-state index in [1.54, 1.807) is 12.3 Å². The van der Waals surface area contributed by atoms with E-state index in [-0.39, 0.29) is 5.75 Å². The molecule has 0 saturated heterocycles. The summed E-state index contributed by atoms with van der Waals surface area (Å²) in [5.74, 6) is 0.672. The van der Waals surface area contributed by atoms with Gasteiger partial charge in [0.15, 0.2) is 5.82 Å². The summed E-state index contributed by atoms with van der Waals surface area (Å²) in [5.41, 5.74) is 3.14. The van der Waals surface area contributed by atoms with E-state index >= 15 is 0 Å². The van der Waals surface area contributed by atoms with Gasteiger partial charge in [-0.1, -0.05) is 6.07 Å². The minimum atomic E-state index is 0.161. The number of tetrazole rings is 1. The number of rotatable bonds is 2. The van der Waals surface area contributed by atoms with Gasteiger partial charge in [-0.05, 0) is 34.7 Å². The Morgan fingerprint density at radius 3 is 2.86 bits per heavy atom. The van der Waals surface area contributed by atoms with Crippen molar-refractivity contribution in [2.24, 2.45) is 0 Å². The van der Waals surface area contributed by atoms with Crippen LogP contribution in [0.1, 0.15) is 0 Å². The molecule has 3 N–H and O–H groups in total. The van der Waals surface area contributed by atoms with Gasteiger partial charge in [-0.2, -0.15) is 0 Å².